The number of carbonyl (C=O) groups is 1. The van der Waals surface area contributed by atoms with Crippen molar-refractivity contribution in [2.24, 2.45) is 0 Å². The first-order valence-corrected chi connectivity index (χ1v) is 9.31. The molecule has 136 valence electrons. The molecule has 0 amide bonds. The zero-order valence-electron chi connectivity index (χ0n) is 14.9. The first-order chi connectivity index (χ1) is 13.1. The van der Waals surface area contributed by atoms with Gasteiger partial charge in [-0.25, -0.2) is 0 Å². The van der Waals surface area contributed by atoms with Gasteiger partial charge >= 0.3 is 0 Å². The molecule has 0 bridgehead atoms. The van der Waals surface area contributed by atoms with E-state index in [2.05, 4.69) is 15.5 Å². The lowest BCUT2D eigenvalue weighted by molar-refractivity contribution is 0.0994. The van der Waals surface area contributed by atoms with E-state index in [0.717, 1.165) is 16.8 Å². The van der Waals surface area contributed by atoms with Crippen molar-refractivity contribution in [1.29, 1.82) is 0 Å². The number of tetrazole rings is 1. The number of aromatic nitrogens is 4. The molecule has 0 radical (unpaired) electrons. The van der Waals surface area contributed by atoms with Gasteiger partial charge in [0, 0.05) is 25.2 Å². The van der Waals surface area contributed by atoms with Crippen molar-refractivity contribution in [2.75, 3.05) is 24.7 Å². The van der Waals surface area contributed by atoms with E-state index in [-0.39, 0.29) is 11.5 Å². The van der Waals surface area contributed by atoms with E-state index in [4.69, 9.17) is 4.42 Å². The quantitative estimate of drug-likeness (QED) is 0.375. The van der Waals surface area contributed by atoms with Gasteiger partial charge in [0.2, 0.25) is 10.9 Å². The summed E-state index contributed by atoms with van der Waals surface area (Å²) < 4.78 is 7.25. The van der Waals surface area contributed by atoms with Gasteiger partial charge < -0.3 is 9.32 Å². The van der Waals surface area contributed by atoms with Gasteiger partial charge in [0.05, 0.1) is 11.4 Å². The summed E-state index contributed by atoms with van der Waals surface area (Å²) in [6.45, 7) is 0. The maximum Gasteiger partial charge on any atom is 0.214 e. The summed E-state index contributed by atoms with van der Waals surface area (Å²) >= 11 is 1.28. The maximum absolute atomic E-state index is 12.5. The lowest BCUT2D eigenvalue weighted by Gasteiger charge is -2.12. The molecule has 0 spiro atoms. The number of benzene rings is 2. The van der Waals surface area contributed by atoms with E-state index in [0.29, 0.717) is 16.5 Å². The Kier molecular flexibility index (Phi) is 4.64. The molecule has 27 heavy (non-hydrogen) atoms. The van der Waals surface area contributed by atoms with Crippen molar-refractivity contribution in [3.8, 4) is 5.69 Å². The predicted molar refractivity (Wildman–Crippen MR) is 105 cm³/mol. The Hall–Kier alpha value is -3.13. The Balaban J connectivity index is 1.49. The van der Waals surface area contributed by atoms with Crippen molar-refractivity contribution < 1.29 is 9.21 Å². The number of hydrogen-bond acceptors (Lipinski definition) is 7. The van der Waals surface area contributed by atoms with Gasteiger partial charge in [0.15, 0.2) is 5.76 Å². The predicted octanol–water partition coefficient (Wildman–Crippen LogP) is 3.45. The summed E-state index contributed by atoms with van der Waals surface area (Å²) in [5.41, 5.74) is 2.63. The molecule has 0 aliphatic carbocycles. The average molecular weight is 379 g/mol. The highest BCUT2D eigenvalue weighted by molar-refractivity contribution is 7.99. The lowest BCUT2D eigenvalue weighted by Crippen LogP contribution is -2.09. The minimum atomic E-state index is -0.103. The Morgan fingerprint density at radius 2 is 1.93 bits per heavy atom. The van der Waals surface area contributed by atoms with Gasteiger partial charge in [-0.3, -0.25) is 4.79 Å². The summed E-state index contributed by atoms with van der Waals surface area (Å²) in [4.78, 5) is 14.5. The number of thioether (sulfide) groups is 1. The molecule has 2 aromatic carbocycles. The molecule has 2 heterocycles. The number of rotatable bonds is 6. The fourth-order valence-corrected chi connectivity index (χ4v) is 3.40. The highest BCUT2D eigenvalue weighted by atomic mass is 32.2. The van der Waals surface area contributed by atoms with E-state index in [1.165, 1.54) is 11.8 Å². The molecule has 7 nitrogen and oxygen atoms in total. The summed E-state index contributed by atoms with van der Waals surface area (Å²) in [5.74, 6) is 0.433. The number of nitrogens with zero attached hydrogens (tertiary/aromatic N) is 5. The number of ketones is 1. The van der Waals surface area contributed by atoms with Gasteiger partial charge in [0.1, 0.15) is 5.58 Å². The average Bonchev–Trinajstić information content (AvgIpc) is 3.33. The molecule has 0 saturated carbocycles. The van der Waals surface area contributed by atoms with Crippen LogP contribution < -0.4 is 4.90 Å². The van der Waals surface area contributed by atoms with Crippen LogP contribution in [0.3, 0.4) is 0 Å². The van der Waals surface area contributed by atoms with Crippen molar-refractivity contribution in [2.45, 2.75) is 5.16 Å². The van der Waals surface area contributed by atoms with Crippen LogP contribution in [0.2, 0.25) is 0 Å². The van der Waals surface area contributed by atoms with E-state index in [1.807, 2.05) is 67.5 Å². The van der Waals surface area contributed by atoms with Crippen LogP contribution in [0.15, 0.2) is 64.2 Å². The van der Waals surface area contributed by atoms with Crippen LogP contribution in [-0.2, 0) is 0 Å². The standard InChI is InChI=1S/C19H17N5O2S/c1-23(2)14-7-9-15(10-8-14)24-19(20-21-22-24)27-12-16(25)18-11-13-5-3-4-6-17(13)26-18/h3-11H,12H2,1-2H3. The fourth-order valence-electron chi connectivity index (χ4n) is 2.64. The van der Waals surface area contributed by atoms with Crippen LogP contribution in [0.25, 0.3) is 16.7 Å². The molecule has 0 N–H and O–H groups in total. The smallest absolute Gasteiger partial charge is 0.214 e. The van der Waals surface area contributed by atoms with E-state index >= 15 is 0 Å². The van der Waals surface area contributed by atoms with Crippen LogP contribution in [0, 0.1) is 0 Å². The summed E-state index contributed by atoms with van der Waals surface area (Å²) in [5, 5.41) is 13.3. The number of anilines is 1. The molecule has 4 aromatic rings. The molecule has 0 unspecified atom stereocenters. The molecular weight excluding hydrogens is 362 g/mol. The van der Waals surface area contributed by atoms with Crippen molar-refractivity contribution in [3.63, 3.8) is 0 Å². The third-order valence-corrected chi connectivity index (χ3v) is 5.00. The van der Waals surface area contributed by atoms with Gasteiger partial charge in [-0.05, 0) is 46.8 Å². The number of furan rings is 1. The van der Waals surface area contributed by atoms with Crippen LogP contribution in [0.4, 0.5) is 5.69 Å². The molecule has 0 atom stereocenters. The van der Waals surface area contributed by atoms with Gasteiger partial charge in [-0.2, -0.15) is 4.68 Å². The first kappa shape index (κ1) is 17.3. The largest absolute Gasteiger partial charge is 0.453 e. The van der Waals surface area contributed by atoms with Gasteiger partial charge in [-0.15, -0.1) is 5.10 Å². The number of fused-ring (bicyclic) bond motifs is 1. The van der Waals surface area contributed by atoms with Crippen molar-refractivity contribution >= 4 is 34.2 Å². The fraction of sp³-hybridized carbons (Fsp3) is 0.158. The van der Waals surface area contributed by atoms with Crippen LogP contribution in [-0.4, -0.2) is 45.8 Å². The zero-order chi connectivity index (χ0) is 18.8. The maximum atomic E-state index is 12.5. The van der Waals surface area contributed by atoms with Crippen LogP contribution in [0.1, 0.15) is 10.6 Å². The van der Waals surface area contributed by atoms with Gasteiger partial charge in [0.25, 0.3) is 0 Å². The normalized spacial score (nSPS) is 11.0. The minimum Gasteiger partial charge on any atom is -0.453 e. The first-order valence-electron chi connectivity index (χ1n) is 8.32. The van der Waals surface area contributed by atoms with E-state index < -0.39 is 0 Å². The highest BCUT2D eigenvalue weighted by Gasteiger charge is 2.16. The van der Waals surface area contributed by atoms with Crippen LogP contribution >= 0.6 is 11.8 Å². The van der Waals surface area contributed by atoms with Crippen molar-refractivity contribution in [3.05, 3.63) is 60.4 Å². The topological polar surface area (TPSA) is 77.1 Å². The molecular formula is C19H17N5O2S. The second-order valence-corrected chi connectivity index (χ2v) is 7.09. The molecule has 0 fully saturated rings. The molecule has 0 saturated heterocycles. The summed E-state index contributed by atoms with van der Waals surface area (Å²) in [6.07, 6.45) is 0. The Bertz CT molecular complexity index is 1050. The Morgan fingerprint density at radius 3 is 2.67 bits per heavy atom. The molecule has 0 aliphatic rings. The van der Waals surface area contributed by atoms with E-state index in [1.54, 1.807) is 10.7 Å². The molecule has 0 aliphatic heterocycles. The number of Topliss-reactive ketones (excluding diaryl/α,β-unsaturated/α-hetero) is 1. The lowest BCUT2D eigenvalue weighted by atomic mass is 10.2. The van der Waals surface area contributed by atoms with Gasteiger partial charge in [-0.1, -0.05) is 30.0 Å². The SMILES string of the molecule is CN(C)c1ccc(-n2nnnc2SCC(=O)c2cc3ccccc3o2)cc1. The number of carbonyl (C=O) groups excluding carboxylic acids is 1. The number of para-hydroxylation sites is 1. The zero-order valence-corrected chi connectivity index (χ0v) is 15.7. The second-order valence-electron chi connectivity index (χ2n) is 6.14. The van der Waals surface area contributed by atoms with Crippen molar-refractivity contribution in [1.82, 2.24) is 20.2 Å². The third-order valence-electron chi connectivity index (χ3n) is 4.08. The highest BCUT2D eigenvalue weighted by Crippen LogP contribution is 2.23. The second kappa shape index (κ2) is 7.24. The molecule has 8 heteroatoms. The number of hydrogen-bond donors (Lipinski definition) is 0. The minimum absolute atomic E-state index is 0.103. The molecule has 2 aromatic heterocycles. The summed E-state index contributed by atoms with van der Waals surface area (Å²) in [7, 11) is 3.97. The third kappa shape index (κ3) is 3.56. The Morgan fingerprint density at radius 1 is 1.15 bits per heavy atom. The van der Waals surface area contributed by atoms with Crippen LogP contribution in [0.5, 0.6) is 0 Å². The Labute approximate surface area is 160 Å². The monoisotopic (exact) mass is 379 g/mol. The summed E-state index contributed by atoms with van der Waals surface area (Å²) in [6, 6.07) is 17.2. The molecule has 4 rings (SSSR count). The van der Waals surface area contributed by atoms with E-state index in [9.17, 15) is 4.79 Å².